The van der Waals surface area contributed by atoms with Crippen LogP contribution in [-0.2, 0) is 0 Å². The summed E-state index contributed by atoms with van der Waals surface area (Å²) < 4.78 is 0.444. The highest BCUT2D eigenvalue weighted by molar-refractivity contribution is 9.10. The molecule has 4 rings (SSSR count). The second kappa shape index (κ2) is 6.58. The van der Waals surface area contributed by atoms with Crippen LogP contribution in [0.25, 0.3) is 0 Å². The van der Waals surface area contributed by atoms with Crippen LogP contribution in [0.2, 0.25) is 0 Å². The van der Waals surface area contributed by atoms with Crippen LogP contribution in [0.1, 0.15) is 31.8 Å². The van der Waals surface area contributed by atoms with E-state index < -0.39 is 4.92 Å². The fraction of sp³-hybridized carbons (Fsp3) is 0. The third-order valence-corrected chi connectivity index (χ3v) is 5.18. The number of hydrogen-bond acceptors (Lipinski definition) is 6. The molecule has 0 unspecified atom stereocenters. The molecular formula is C20H12BrN3O4. The number of anilines is 3. The van der Waals surface area contributed by atoms with E-state index in [1.54, 1.807) is 36.4 Å². The van der Waals surface area contributed by atoms with Gasteiger partial charge < -0.3 is 11.1 Å². The van der Waals surface area contributed by atoms with Crippen LogP contribution in [0.5, 0.6) is 0 Å². The number of nitro groups is 1. The Morgan fingerprint density at radius 2 is 1.57 bits per heavy atom. The van der Waals surface area contributed by atoms with Gasteiger partial charge in [0.1, 0.15) is 0 Å². The molecule has 1 aliphatic rings. The summed E-state index contributed by atoms with van der Waals surface area (Å²) in [5.41, 5.74) is 7.78. The molecule has 1 aliphatic carbocycles. The number of carbonyl (C=O) groups is 2. The van der Waals surface area contributed by atoms with E-state index in [9.17, 15) is 19.7 Å². The molecule has 0 saturated heterocycles. The molecule has 0 fully saturated rings. The summed E-state index contributed by atoms with van der Waals surface area (Å²) in [4.78, 5) is 36.7. The second-order valence-corrected chi connectivity index (χ2v) is 7.06. The van der Waals surface area contributed by atoms with Gasteiger partial charge in [-0.1, -0.05) is 30.3 Å². The second-order valence-electron chi connectivity index (χ2n) is 6.21. The van der Waals surface area contributed by atoms with Crippen molar-refractivity contribution in [1.82, 2.24) is 0 Å². The molecule has 0 bridgehead atoms. The molecule has 3 aromatic carbocycles. The summed E-state index contributed by atoms with van der Waals surface area (Å²) in [5, 5.41) is 14.0. The number of rotatable bonds is 3. The van der Waals surface area contributed by atoms with Gasteiger partial charge in [-0.2, -0.15) is 0 Å². The summed E-state index contributed by atoms with van der Waals surface area (Å²) in [6.45, 7) is 0. The number of nitrogens with two attached hydrogens (primary N) is 1. The lowest BCUT2D eigenvalue weighted by molar-refractivity contribution is -0.384. The van der Waals surface area contributed by atoms with E-state index in [0.717, 1.165) is 0 Å². The van der Waals surface area contributed by atoms with Crippen LogP contribution in [0.15, 0.2) is 59.1 Å². The molecule has 138 valence electrons. The van der Waals surface area contributed by atoms with E-state index in [1.165, 1.54) is 18.2 Å². The Bertz CT molecular complexity index is 1190. The van der Waals surface area contributed by atoms with E-state index in [1.807, 2.05) is 0 Å². The van der Waals surface area contributed by atoms with Crippen LogP contribution in [0.4, 0.5) is 22.7 Å². The molecule has 3 N–H and O–H groups in total. The molecule has 3 aromatic rings. The van der Waals surface area contributed by atoms with Gasteiger partial charge in [-0.25, -0.2) is 0 Å². The normalized spacial score (nSPS) is 12.3. The Hall–Kier alpha value is -3.52. The highest BCUT2D eigenvalue weighted by Gasteiger charge is 2.34. The van der Waals surface area contributed by atoms with Gasteiger partial charge in [0.05, 0.1) is 27.4 Å². The first kappa shape index (κ1) is 17.9. The van der Waals surface area contributed by atoms with E-state index in [4.69, 9.17) is 5.73 Å². The number of nitrogens with zero attached hydrogens (tertiary/aromatic N) is 1. The maximum Gasteiger partial charge on any atom is 0.271 e. The number of non-ortho nitro benzene ring substituents is 1. The quantitative estimate of drug-likeness (QED) is 0.277. The van der Waals surface area contributed by atoms with Gasteiger partial charge >= 0.3 is 0 Å². The lowest BCUT2D eigenvalue weighted by Crippen LogP contribution is -2.23. The van der Waals surface area contributed by atoms with Gasteiger partial charge in [-0.05, 0) is 28.1 Å². The average Bonchev–Trinajstić information content (AvgIpc) is 2.69. The first-order chi connectivity index (χ1) is 13.4. The van der Waals surface area contributed by atoms with Gasteiger partial charge in [-0.15, -0.1) is 0 Å². The molecule has 0 atom stereocenters. The molecule has 0 spiro atoms. The number of fused-ring (bicyclic) bond motifs is 2. The van der Waals surface area contributed by atoms with Crippen molar-refractivity contribution >= 4 is 50.2 Å². The van der Waals surface area contributed by atoms with Gasteiger partial charge in [0, 0.05) is 33.4 Å². The zero-order chi connectivity index (χ0) is 20.0. The first-order valence-corrected chi connectivity index (χ1v) is 8.99. The highest BCUT2D eigenvalue weighted by Crippen LogP contribution is 2.40. The SMILES string of the molecule is Nc1c(Br)cc(Nc2cccc([N+](=O)[O-])c2)c2c1C(=O)c1ccccc1C2=O. The van der Waals surface area contributed by atoms with Gasteiger partial charge in [-0.3, -0.25) is 19.7 Å². The zero-order valence-corrected chi connectivity index (χ0v) is 15.8. The van der Waals surface area contributed by atoms with E-state index in [-0.39, 0.29) is 34.1 Å². The number of halogens is 1. The van der Waals surface area contributed by atoms with Crippen molar-refractivity contribution in [2.45, 2.75) is 0 Å². The number of hydrogen-bond donors (Lipinski definition) is 2. The first-order valence-electron chi connectivity index (χ1n) is 8.20. The van der Waals surface area contributed by atoms with Crippen molar-refractivity contribution in [1.29, 1.82) is 0 Å². The highest BCUT2D eigenvalue weighted by atomic mass is 79.9. The minimum Gasteiger partial charge on any atom is -0.397 e. The van der Waals surface area contributed by atoms with E-state index in [2.05, 4.69) is 21.2 Å². The van der Waals surface area contributed by atoms with Crippen LogP contribution in [-0.4, -0.2) is 16.5 Å². The lowest BCUT2D eigenvalue weighted by Gasteiger charge is -2.23. The smallest absolute Gasteiger partial charge is 0.271 e. The number of nitrogens with one attached hydrogen (secondary N) is 1. The molecule has 0 radical (unpaired) electrons. The van der Waals surface area contributed by atoms with Gasteiger partial charge in [0.2, 0.25) is 0 Å². The predicted molar refractivity (Wildman–Crippen MR) is 108 cm³/mol. The molecule has 0 aliphatic heterocycles. The van der Waals surface area contributed by atoms with Crippen LogP contribution < -0.4 is 11.1 Å². The molecule has 0 heterocycles. The van der Waals surface area contributed by atoms with Crippen LogP contribution >= 0.6 is 15.9 Å². The van der Waals surface area contributed by atoms with Crippen molar-refractivity contribution in [3.05, 3.63) is 91.4 Å². The Morgan fingerprint density at radius 3 is 2.21 bits per heavy atom. The number of nitro benzene ring substituents is 1. The molecule has 8 heteroatoms. The zero-order valence-electron chi connectivity index (χ0n) is 14.2. The predicted octanol–water partition coefficient (Wildman–Crippen LogP) is 4.46. The van der Waals surface area contributed by atoms with Crippen LogP contribution in [0, 0.1) is 10.1 Å². The summed E-state index contributed by atoms with van der Waals surface area (Å²) in [7, 11) is 0. The number of nitrogen functional groups attached to an aromatic ring is 1. The van der Waals surface area contributed by atoms with Crippen molar-refractivity contribution < 1.29 is 14.5 Å². The minimum absolute atomic E-state index is 0.0962. The van der Waals surface area contributed by atoms with Crippen molar-refractivity contribution in [3.8, 4) is 0 Å². The standard InChI is InChI=1S/C20H12BrN3O4/c21-14-9-15(23-10-4-3-5-11(8-10)24(27)28)16-17(18(14)22)20(26)13-7-2-1-6-12(13)19(16)25/h1-9,23H,22H2. The minimum atomic E-state index is -0.509. The monoisotopic (exact) mass is 437 g/mol. The summed E-state index contributed by atoms with van der Waals surface area (Å²) in [5.74, 6) is -0.677. The average molecular weight is 438 g/mol. The Kier molecular flexibility index (Phi) is 4.20. The fourth-order valence-corrected chi connectivity index (χ4v) is 3.66. The van der Waals surface area contributed by atoms with Gasteiger partial charge in [0.15, 0.2) is 11.6 Å². The third-order valence-electron chi connectivity index (χ3n) is 4.52. The molecule has 28 heavy (non-hydrogen) atoms. The summed E-state index contributed by atoms with van der Waals surface area (Å²) in [6, 6.07) is 14.0. The molecule has 7 nitrogen and oxygen atoms in total. The van der Waals surface area contributed by atoms with Crippen molar-refractivity contribution in [2.24, 2.45) is 0 Å². The van der Waals surface area contributed by atoms with Crippen LogP contribution in [0.3, 0.4) is 0 Å². The number of ketones is 2. The van der Waals surface area contributed by atoms with Gasteiger partial charge in [0.25, 0.3) is 5.69 Å². The Balaban J connectivity index is 1.90. The van der Waals surface area contributed by atoms with E-state index >= 15 is 0 Å². The molecule has 0 aromatic heterocycles. The fourth-order valence-electron chi connectivity index (χ4n) is 3.24. The van der Waals surface area contributed by atoms with Crippen molar-refractivity contribution in [2.75, 3.05) is 11.1 Å². The van der Waals surface area contributed by atoms with Crippen molar-refractivity contribution in [3.63, 3.8) is 0 Å². The lowest BCUT2D eigenvalue weighted by atomic mass is 9.82. The number of carbonyl (C=O) groups excluding carboxylic acids is 2. The summed E-state index contributed by atoms with van der Waals surface area (Å²) in [6.07, 6.45) is 0. The van der Waals surface area contributed by atoms with E-state index in [0.29, 0.717) is 27.0 Å². The molecular weight excluding hydrogens is 426 g/mol. The largest absolute Gasteiger partial charge is 0.397 e. The maximum absolute atomic E-state index is 13.1. The third kappa shape index (κ3) is 2.74. The topological polar surface area (TPSA) is 115 Å². The molecule has 0 amide bonds. The Morgan fingerprint density at radius 1 is 0.929 bits per heavy atom. The maximum atomic E-state index is 13.1. The Labute approximate surface area is 167 Å². The number of benzene rings is 3. The molecule has 0 saturated carbocycles. The summed E-state index contributed by atoms with van der Waals surface area (Å²) >= 11 is 3.33.